The summed E-state index contributed by atoms with van der Waals surface area (Å²) in [6.07, 6.45) is 0. The molecule has 0 radical (unpaired) electrons. The molecular formula is C10H9N2O3S2+. The molecule has 17 heavy (non-hydrogen) atoms. The lowest BCUT2D eigenvalue weighted by molar-refractivity contribution is -0.414. The first-order chi connectivity index (χ1) is 8.09. The van der Waals surface area contributed by atoms with Crippen LogP contribution in [0.5, 0.6) is 0 Å². The molecule has 0 atom stereocenters. The molecule has 0 spiro atoms. The van der Waals surface area contributed by atoms with E-state index >= 15 is 0 Å². The van der Waals surface area contributed by atoms with Gasteiger partial charge >= 0.3 is 16.1 Å². The molecule has 3 rings (SSSR count). The molecule has 1 aromatic carbocycles. The van der Waals surface area contributed by atoms with Gasteiger partial charge in [0.2, 0.25) is 0 Å². The van der Waals surface area contributed by atoms with Crippen LogP contribution < -0.4 is 4.72 Å². The average Bonchev–Trinajstić information content (AvgIpc) is 2.74. The van der Waals surface area contributed by atoms with Gasteiger partial charge in [0.15, 0.2) is 5.04 Å². The minimum Gasteiger partial charge on any atom is -0.196 e. The first kappa shape index (κ1) is 10.8. The van der Waals surface area contributed by atoms with Gasteiger partial charge in [0, 0.05) is 5.75 Å². The summed E-state index contributed by atoms with van der Waals surface area (Å²) in [5.41, 5.74) is 0.605. The molecule has 1 N–H and O–H groups in total. The summed E-state index contributed by atoms with van der Waals surface area (Å²) in [5, 5.41) is 0.721. The number of hydrogen-bond acceptors (Lipinski definition) is 4. The molecule has 0 unspecified atom stereocenters. The van der Waals surface area contributed by atoms with E-state index in [0.717, 1.165) is 10.8 Å². The highest BCUT2D eigenvalue weighted by Gasteiger charge is 2.39. The van der Waals surface area contributed by atoms with Crippen LogP contribution in [0.2, 0.25) is 0 Å². The quantitative estimate of drug-likeness (QED) is 0.701. The lowest BCUT2D eigenvalue weighted by Gasteiger charge is -2.02. The van der Waals surface area contributed by atoms with Gasteiger partial charge in [-0.15, -0.1) is 4.72 Å². The zero-order chi connectivity index (χ0) is 12.0. The van der Waals surface area contributed by atoms with Crippen LogP contribution in [0, 0.1) is 0 Å². The van der Waals surface area contributed by atoms with Crippen molar-refractivity contribution >= 4 is 32.9 Å². The maximum atomic E-state index is 12.0. The van der Waals surface area contributed by atoms with Crippen molar-refractivity contribution < 1.29 is 17.8 Å². The molecule has 5 nitrogen and oxygen atoms in total. The summed E-state index contributed by atoms with van der Waals surface area (Å²) in [4.78, 5) is 11.9. The SMILES string of the molecule is O=C1NS(=O)(=O)c2ccccc2C2=[N+]1CCS2. The van der Waals surface area contributed by atoms with E-state index in [1.54, 1.807) is 18.2 Å². The standard InChI is InChI=1S/C10H8N2O3S2/c13-10-11-17(14,15)8-4-2-1-3-7(8)9-12(10)5-6-16-9/h1-4H,5-6H2/p+1. The number of rotatable bonds is 0. The third-order valence-corrected chi connectivity index (χ3v) is 5.15. The normalized spacial score (nSPS) is 21.5. The minimum atomic E-state index is -3.75. The van der Waals surface area contributed by atoms with Crippen LogP contribution in [0.25, 0.3) is 0 Å². The first-order valence-electron chi connectivity index (χ1n) is 5.03. The Labute approximate surface area is 103 Å². The smallest absolute Gasteiger partial charge is 0.196 e. The predicted octanol–water partition coefficient (Wildman–Crippen LogP) is 0.604. The number of fused-ring (bicyclic) bond motifs is 2. The molecule has 1 aromatic rings. The third kappa shape index (κ3) is 1.57. The molecule has 2 amide bonds. The van der Waals surface area contributed by atoms with Crippen molar-refractivity contribution in [1.29, 1.82) is 0 Å². The van der Waals surface area contributed by atoms with Crippen LogP contribution in [0.15, 0.2) is 29.2 Å². The van der Waals surface area contributed by atoms with Gasteiger partial charge in [-0.3, -0.25) is 0 Å². The molecule has 7 heteroatoms. The Balaban J connectivity index is 2.35. The minimum absolute atomic E-state index is 0.167. The van der Waals surface area contributed by atoms with Gasteiger partial charge in [-0.2, -0.15) is 17.8 Å². The Kier molecular flexibility index (Phi) is 2.27. The van der Waals surface area contributed by atoms with E-state index in [2.05, 4.69) is 4.72 Å². The second-order valence-corrected chi connectivity index (χ2v) is 6.45. The summed E-state index contributed by atoms with van der Waals surface area (Å²) < 4.78 is 27.5. The van der Waals surface area contributed by atoms with Gasteiger partial charge in [0.05, 0.1) is 5.56 Å². The third-order valence-electron chi connectivity index (χ3n) is 2.67. The average molecular weight is 269 g/mol. The monoisotopic (exact) mass is 269 g/mol. The Morgan fingerprint density at radius 1 is 1.29 bits per heavy atom. The molecule has 2 aliphatic rings. The second kappa shape index (κ2) is 3.58. The molecule has 0 aliphatic carbocycles. The fraction of sp³-hybridized carbons (Fsp3) is 0.200. The largest absolute Gasteiger partial charge is 0.507 e. The van der Waals surface area contributed by atoms with Gasteiger partial charge in [0.1, 0.15) is 11.4 Å². The maximum Gasteiger partial charge on any atom is 0.507 e. The van der Waals surface area contributed by atoms with Crippen LogP contribution in [0.4, 0.5) is 4.79 Å². The number of urea groups is 1. The highest BCUT2D eigenvalue weighted by atomic mass is 32.2. The summed E-state index contributed by atoms with van der Waals surface area (Å²) >= 11 is 1.50. The van der Waals surface area contributed by atoms with Crippen molar-refractivity contribution in [2.75, 3.05) is 12.3 Å². The fourth-order valence-electron chi connectivity index (χ4n) is 1.93. The number of carbonyl (C=O) groups is 1. The Bertz CT molecular complexity index is 649. The zero-order valence-electron chi connectivity index (χ0n) is 8.71. The summed E-state index contributed by atoms with van der Waals surface area (Å²) in [6, 6.07) is 6.10. The number of carbonyl (C=O) groups excluding carboxylic acids is 1. The van der Waals surface area contributed by atoms with Gasteiger partial charge in [-0.1, -0.05) is 23.9 Å². The molecule has 0 bridgehead atoms. The molecule has 0 fully saturated rings. The number of sulfonamides is 1. The number of hydrogen-bond donors (Lipinski definition) is 1. The van der Waals surface area contributed by atoms with E-state index in [0.29, 0.717) is 12.1 Å². The van der Waals surface area contributed by atoms with Gasteiger partial charge in [-0.05, 0) is 12.1 Å². The van der Waals surface area contributed by atoms with E-state index in [9.17, 15) is 13.2 Å². The molecular weight excluding hydrogens is 260 g/mol. The Morgan fingerprint density at radius 2 is 2.06 bits per heavy atom. The number of thioether (sulfide) groups is 1. The van der Waals surface area contributed by atoms with Crippen LogP contribution in [-0.4, -0.2) is 36.4 Å². The van der Waals surface area contributed by atoms with Crippen molar-refractivity contribution in [2.45, 2.75) is 4.90 Å². The summed E-state index contributed by atoms with van der Waals surface area (Å²) in [5.74, 6) is 0.789. The second-order valence-electron chi connectivity index (χ2n) is 3.71. The molecule has 0 saturated carbocycles. The lowest BCUT2D eigenvalue weighted by Crippen LogP contribution is -2.36. The van der Waals surface area contributed by atoms with Crippen molar-refractivity contribution in [3.63, 3.8) is 0 Å². The van der Waals surface area contributed by atoms with Crippen LogP contribution >= 0.6 is 11.8 Å². The zero-order valence-corrected chi connectivity index (χ0v) is 10.3. The highest BCUT2D eigenvalue weighted by Crippen LogP contribution is 2.27. The summed E-state index contributed by atoms with van der Waals surface area (Å²) in [6.45, 7) is 0.537. The topological polar surface area (TPSA) is 66.2 Å². The lowest BCUT2D eigenvalue weighted by atomic mass is 10.2. The molecule has 0 saturated heterocycles. The van der Waals surface area contributed by atoms with Gasteiger partial charge in [-0.25, -0.2) is 0 Å². The Hall–Kier alpha value is -1.34. The van der Waals surface area contributed by atoms with E-state index in [1.165, 1.54) is 22.4 Å². The Morgan fingerprint density at radius 3 is 2.88 bits per heavy atom. The van der Waals surface area contributed by atoms with E-state index in [-0.39, 0.29) is 4.90 Å². The van der Waals surface area contributed by atoms with E-state index in [1.807, 2.05) is 0 Å². The molecule has 0 aromatic heterocycles. The number of nitrogens with one attached hydrogen (secondary N) is 1. The van der Waals surface area contributed by atoms with Gasteiger partial charge in [0.25, 0.3) is 0 Å². The molecule has 88 valence electrons. The van der Waals surface area contributed by atoms with Crippen molar-refractivity contribution in [2.24, 2.45) is 0 Å². The molecule has 2 aliphatic heterocycles. The predicted molar refractivity (Wildman–Crippen MR) is 63.9 cm³/mol. The number of benzene rings is 1. The van der Waals surface area contributed by atoms with E-state index < -0.39 is 16.1 Å². The van der Waals surface area contributed by atoms with Gasteiger partial charge < -0.3 is 0 Å². The van der Waals surface area contributed by atoms with Crippen LogP contribution in [-0.2, 0) is 10.0 Å². The number of nitrogens with zero attached hydrogens (tertiary/aromatic N) is 1. The number of amides is 2. The van der Waals surface area contributed by atoms with Crippen molar-refractivity contribution in [3.05, 3.63) is 29.8 Å². The van der Waals surface area contributed by atoms with Crippen LogP contribution in [0.3, 0.4) is 0 Å². The first-order valence-corrected chi connectivity index (χ1v) is 7.50. The van der Waals surface area contributed by atoms with Crippen LogP contribution in [0.1, 0.15) is 5.56 Å². The highest BCUT2D eigenvalue weighted by molar-refractivity contribution is 8.14. The van der Waals surface area contributed by atoms with Crippen molar-refractivity contribution in [3.8, 4) is 0 Å². The van der Waals surface area contributed by atoms with Crippen molar-refractivity contribution in [1.82, 2.24) is 4.72 Å². The maximum absolute atomic E-state index is 12.0. The molecule has 2 heterocycles. The summed E-state index contributed by atoms with van der Waals surface area (Å²) in [7, 11) is -3.75. The van der Waals surface area contributed by atoms with E-state index in [4.69, 9.17) is 0 Å². The fourth-order valence-corrected chi connectivity index (χ4v) is 4.29.